The van der Waals surface area contributed by atoms with E-state index in [4.69, 9.17) is 4.74 Å². The minimum absolute atomic E-state index is 0.0585. The molecule has 0 fully saturated rings. The minimum Gasteiger partial charge on any atom is -0.455 e. The highest BCUT2D eigenvalue weighted by Gasteiger charge is 2.41. The fraction of sp³-hybridized carbons (Fsp3) is 0.273. The summed E-state index contributed by atoms with van der Waals surface area (Å²) in [6.45, 7) is 3.81. The SMILES string of the molecule is CNC(=O)C(=O)Nc1cc(C(F)(F)F)cc(C(F)(F)F)c1Oc1ccc2[nH]cc(C(C)C)c2c1. The van der Waals surface area contributed by atoms with E-state index >= 15 is 0 Å². The number of carbonyl (C=O) groups excluding carboxylic acids is 2. The second-order valence-electron chi connectivity index (χ2n) is 7.64. The van der Waals surface area contributed by atoms with Gasteiger partial charge in [0.1, 0.15) is 11.3 Å². The van der Waals surface area contributed by atoms with Crippen molar-refractivity contribution in [2.24, 2.45) is 0 Å². The van der Waals surface area contributed by atoms with Crippen LogP contribution in [0.5, 0.6) is 11.5 Å². The maximum atomic E-state index is 13.8. The first-order valence-corrected chi connectivity index (χ1v) is 9.86. The molecular formula is C22H19F6N3O3. The topological polar surface area (TPSA) is 83.2 Å². The third-order valence-electron chi connectivity index (χ3n) is 4.93. The molecule has 0 aliphatic carbocycles. The lowest BCUT2D eigenvalue weighted by Gasteiger charge is -2.20. The number of likely N-dealkylation sites (N-methyl/N-ethyl adjacent to an activating group) is 1. The van der Waals surface area contributed by atoms with Gasteiger partial charge in [0.2, 0.25) is 0 Å². The number of carbonyl (C=O) groups is 2. The Morgan fingerprint density at radius 1 is 0.971 bits per heavy atom. The normalized spacial score (nSPS) is 12.2. The molecule has 34 heavy (non-hydrogen) atoms. The van der Waals surface area contributed by atoms with Crippen LogP contribution in [-0.4, -0.2) is 23.8 Å². The van der Waals surface area contributed by atoms with Crippen LogP contribution < -0.4 is 15.4 Å². The molecule has 3 rings (SSSR count). The average Bonchev–Trinajstić information content (AvgIpc) is 3.16. The molecule has 2 amide bonds. The van der Waals surface area contributed by atoms with E-state index in [0.717, 1.165) is 12.6 Å². The summed E-state index contributed by atoms with van der Waals surface area (Å²) in [6.07, 6.45) is -8.71. The Kier molecular flexibility index (Phi) is 6.54. The first-order valence-electron chi connectivity index (χ1n) is 9.86. The van der Waals surface area contributed by atoms with Crippen LogP contribution in [0.1, 0.15) is 36.5 Å². The molecule has 0 unspecified atom stereocenters. The van der Waals surface area contributed by atoms with Crippen molar-refractivity contribution in [1.29, 1.82) is 0 Å². The number of benzene rings is 2. The first kappa shape index (κ1) is 24.9. The Labute approximate surface area is 189 Å². The van der Waals surface area contributed by atoms with Crippen molar-refractivity contribution >= 4 is 28.4 Å². The molecule has 6 nitrogen and oxygen atoms in total. The highest BCUT2D eigenvalue weighted by molar-refractivity contribution is 6.39. The summed E-state index contributed by atoms with van der Waals surface area (Å²) in [5.41, 5.74) is -2.89. The Morgan fingerprint density at radius 3 is 2.21 bits per heavy atom. The van der Waals surface area contributed by atoms with Crippen molar-refractivity contribution in [3.63, 3.8) is 0 Å². The van der Waals surface area contributed by atoms with Crippen LogP contribution in [0.3, 0.4) is 0 Å². The molecule has 0 aliphatic rings. The lowest BCUT2D eigenvalue weighted by Crippen LogP contribution is -2.33. The molecule has 3 N–H and O–H groups in total. The van der Waals surface area contributed by atoms with Crippen molar-refractivity contribution in [1.82, 2.24) is 10.3 Å². The number of rotatable bonds is 4. The number of hydrogen-bond acceptors (Lipinski definition) is 3. The Balaban J connectivity index is 2.21. The predicted molar refractivity (Wildman–Crippen MR) is 112 cm³/mol. The molecule has 12 heteroatoms. The van der Waals surface area contributed by atoms with Crippen LogP contribution in [0.25, 0.3) is 10.9 Å². The second-order valence-corrected chi connectivity index (χ2v) is 7.64. The number of nitrogens with one attached hydrogen (secondary N) is 3. The zero-order chi connectivity index (χ0) is 25.4. The number of ether oxygens (including phenoxy) is 1. The Morgan fingerprint density at radius 2 is 1.65 bits per heavy atom. The summed E-state index contributed by atoms with van der Waals surface area (Å²) in [5.74, 6) is -3.88. The predicted octanol–water partition coefficient (Wildman–Crippen LogP) is 5.81. The third-order valence-corrected chi connectivity index (χ3v) is 4.93. The summed E-state index contributed by atoms with van der Waals surface area (Å²) in [5, 5.41) is 4.37. The van der Waals surface area contributed by atoms with Gasteiger partial charge in [-0.05, 0) is 41.8 Å². The van der Waals surface area contributed by atoms with Gasteiger partial charge in [-0.2, -0.15) is 26.3 Å². The number of fused-ring (bicyclic) bond motifs is 1. The van der Waals surface area contributed by atoms with Gasteiger partial charge in [-0.3, -0.25) is 9.59 Å². The van der Waals surface area contributed by atoms with Crippen LogP contribution in [0, 0.1) is 0 Å². The quantitative estimate of drug-likeness (QED) is 0.321. The van der Waals surface area contributed by atoms with Gasteiger partial charge in [0.05, 0.1) is 11.3 Å². The molecule has 0 saturated heterocycles. The molecule has 0 aliphatic heterocycles. The molecule has 1 heterocycles. The molecule has 3 aromatic rings. The van der Waals surface area contributed by atoms with E-state index in [0.29, 0.717) is 10.9 Å². The second kappa shape index (κ2) is 8.92. The monoisotopic (exact) mass is 487 g/mol. The largest absolute Gasteiger partial charge is 0.455 e. The van der Waals surface area contributed by atoms with Gasteiger partial charge >= 0.3 is 24.2 Å². The third kappa shape index (κ3) is 5.10. The van der Waals surface area contributed by atoms with Crippen LogP contribution in [-0.2, 0) is 21.9 Å². The lowest BCUT2D eigenvalue weighted by atomic mass is 10.0. The first-order chi connectivity index (χ1) is 15.7. The van der Waals surface area contributed by atoms with Crippen molar-refractivity contribution in [2.75, 3.05) is 12.4 Å². The van der Waals surface area contributed by atoms with Crippen LogP contribution in [0.15, 0.2) is 36.5 Å². The Hall–Kier alpha value is -3.70. The molecule has 0 spiro atoms. The van der Waals surface area contributed by atoms with Gasteiger partial charge in [-0.1, -0.05) is 13.8 Å². The summed E-state index contributed by atoms with van der Waals surface area (Å²) >= 11 is 0. The van der Waals surface area contributed by atoms with Crippen molar-refractivity contribution < 1.29 is 40.7 Å². The standard InChI is InChI=1S/C22H19F6N3O3/c1-10(2)14-9-30-16-5-4-12(8-13(14)16)34-18-15(22(26,27)28)6-11(21(23,24)25)7-17(18)31-20(33)19(32)29-3/h4-10,30H,1-3H3,(H,29,32)(H,31,33). The van der Waals surface area contributed by atoms with Crippen LogP contribution in [0.2, 0.25) is 0 Å². The number of H-pyrrole nitrogens is 1. The van der Waals surface area contributed by atoms with Gasteiger partial charge < -0.3 is 20.4 Å². The molecule has 0 atom stereocenters. The molecule has 182 valence electrons. The number of halogens is 6. The van der Waals surface area contributed by atoms with Crippen molar-refractivity contribution in [3.8, 4) is 11.5 Å². The zero-order valence-electron chi connectivity index (χ0n) is 18.0. The number of hydrogen-bond donors (Lipinski definition) is 3. The van der Waals surface area contributed by atoms with E-state index in [1.54, 1.807) is 11.5 Å². The van der Waals surface area contributed by atoms with Crippen LogP contribution in [0.4, 0.5) is 32.0 Å². The Bertz CT molecular complexity index is 1250. The van der Waals surface area contributed by atoms with E-state index in [1.165, 1.54) is 18.2 Å². The van der Waals surface area contributed by atoms with E-state index < -0.39 is 46.7 Å². The molecular weight excluding hydrogens is 468 g/mol. The zero-order valence-corrected chi connectivity index (χ0v) is 18.0. The highest BCUT2D eigenvalue weighted by Crippen LogP contribution is 2.46. The maximum Gasteiger partial charge on any atom is 0.420 e. The van der Waals surface area contributed by atoms with E-state index in [-0.39, 0.29) is 23.8 Å². The van der Waals surface area contributed by atoms with Crippen LogP contribution >= 0.6 is 0 Å². The molecule has 2 aromatic carbocycles. The fourth-order valence-corrected chi connectivity index (χ4v) is 3.28. The van der Waals surface area contributed by atoms with Gasteiger partial charge in [-0.15, -0.1) is 0 Å². The average molecular weight is 487 g/mol. The molecule has 1 aromatic heterocycles. The number of aromatic nitrogens is 1. The van der Waals surface area contributed by atoms with Gasteiger partial charge in [-0.25, -0.2) is 0 Å². The van der Waals surface area contributed by atoms with Gasteiger partial charge in [0.15, 0.2) is 5.75 Å². The van der Waals surface area contributed by atoms with Gasteiger partial charge in [0, 0.05) is 24.1 Å². The number of amides is 2. The summed E-state index contributed by atoms with van der Waals surface area (Å²) < 4.78 is 86.7. The fourth-order valence-electron chi connectivity index (χ4n) is 3.28. The summed E-state index contributed by atoms with van der Waals surface area (Å²) in [4.78, 5) is 26.6. The van der Waals surface area contributed by atoms with E-state index in [9.17, 15) is 35.9 Å². The van der Waals surface area contributed by atoms with Gasteiger partial charge in [0.25, 0.3) is 0 Å². The smallest absolute Gasteiger partial charge is 0.420 e. The molecule has 0 radical (unpaired) electrons. The summed E-state index contributed by atoms with van der Waals surface area (Å²) in [7, 11) is 1.07. The maximum absolute atomic E-state index is 13.8. The minimum atomic E-state index is -5.27. The number of anilines is 1. The van der Waals surface area contributed by atoms with Crippen molar-refractivity contribution in [2.45, 2.75) is 32.1 Å². The van der Waals surface area contributed by atoms with E-state index in [2.05, 4.69) is 4.98 Å². The molecule has 0 saturated carbocycles. The lowest BCUT2D eigenvalue weighted by molar-refractivity contribution is -0.143. The number of aromatic amines is 1. The number of alkyl halides is 6. The molecule has 0 bridgehead atoms. The van der Waals surface area contributed by atoms with E-state index in [1.807, 2.05) is 19.2 Å². The highest BCUT2D eigenvalue weighted by atomic mass is 19.4. The summed E-state index contributed by atoms with van der Waals surface area (Å²) in [6, 6.07) is 4.46. The van der Waals surface area contributed by atoms with Crippen molar-refractivity contribution in [3.05, 3.63) is 53.2 Å².